The molecule has 0 bridgehead atoms. The number of esters is 1. The van der Waals surface area contributed by atoms with Crippen molar-refractivity contribution in [2.45, 2.75) is 110 Å². The number of unbranched alkanes of at least 4 members (excludes halogenated alkanes) is 11. The predicted octanol–water partition coefficient (Wildman–Crippen LogP) is 5.29. The Balaban J connectivity index is 3.32. The van der Waals surface area contributed by atoms with Crippen molar-refractivity contribution in [1.82, 2.24) is 10.6 Å². The van der Waals surface area contributed by atoms with Crippen molar-refractivity contribution in [3.63, 3.8) is 0 Å². The normalized spacial score (nSPS) is 12.2. The Morgan fingerprint density at radius 3 is 1.97 bits per heavy atom. The molecule has 0 heterocycles. The fraction of sp³-hybridized carbons (Fsp3) is 0.833. The molecule has 1 amide bonds. The lowest BCUT2D eigenvalue weighted by Crippen LogP contribution is -2.40. The lowest BCUT2D eigenvalue weighted by molar-refractivity contribution is -0.142. The van der Waals surface area contributed by atoms with Crippen molar-refractivity contribution < 1.29 is 14.3 Å². The number of carbonyl (C=O) groups excluding carboxylic acids is 2. The molecule has 5 heteroatoms. The van der Waals surface area contributed by atoms with Crippen molar-refractivity contribution in [1.29, 1.82) is 0 Å². The van der Waals surface area contributed by atoms with E-state index in [4.69, 9.17) is 0 Å². The topological polar surface area (TPSA) is 67.4 Å². The summed E-state index contributed by atoms with van der Waals surface area (Å²) in [7, 11) is 1.37. The Bertz CT molecular complexity index is 424. The van der Waals surface area contributed by atoms with Crippen molar-refractivity contribution in [3.05, 3.63) is 12.2 Å². The fourth-order valence-electron chi connectivity index (χ4n) is 3.20. The largest absolute Gasteiger partial charge is 0.468 e. The molecular weight excluding hydrogens is 364 g/mol. The van der Waals surface area contributed by atoms with Crippen LogP contribution in [0.25, 0.3) is 0 Å². The van der Waals surface area contributed by atoms with Gasteiger partial charge >= 0.3 is 5.97 Å². The third kappa shape index (κ3) is 19.7. The molecule has 29 heavy (non-hydrogen) atoms. The maximum Gasteiger partial charge on any atom is 0.322 e. The van der Waals surface area contributed by atoms with E-state index in [2.05, 4.69) is 34.4 Å². The van der Waals surface area contributed by atoms with E-state index in [-0.39, 0.29) is 17.9 Å². The van der Waals surface area contributed by atoms with Gasteiger partial charge in [-0.3, -0.25) is 9.59 Å². The second-order valence-electron chi connectivity index (χ2n) is 7.88. The van der Waals surface area contributed by atoms with Crippen LogP contribution in [0.1, 0.15) is 104 Å². The zero-order chi connectivity index (χ0) is 21.6. The van der Waals surface area contributed by atoms with Gasteiger partial charge in [0.15, 0.2) is 0 Å². The predicted molar refractivity (Wildman–Crippen MR) is 122 cm³/mol. The molecule has 0 aliphatic heterocycles. The second-order valence-corrected chi connectivity index (χ2v) is 7.88. The third-order valence-electron chi connectivity index (χ3n) is 5.12. The highest BCUT2D eigenvalue weighted by atomic mass is 16.5. The van der Waals surface area contributed by atoms with E-state index in [1.807, 2.05) is 0 Å². The molecule has 0 spiro atoms. The van der Waals surface area contributed by atoms with Crippen LogP contribution in [0.2, 0.25) is 0 Å². The molecule has 0 radical (unpaired) electrons. The molecule has 0 aromatic carbocycles. The first-order chi connectivity index (χ1) is 14.1. The van der Waals surface area contributed by atoms with Crippen LogP contribution < -0.4 is 10.6 Å². The van der Waals surface area contributed by atoms with Crippen molar-refractivity contribution in [2.75, 3.05) is 20.2 Å². The minimum absolute atomic E-state index is 0.0927. The van der Waals surface area contributed by atoms with E-state index < -0.39 is 0 Å². The maximum atomic E-state index is 11.8. The molecule has 5 nitrogen and oxygen atoms in total. The summed E-state index contributed by atoms with van der Waals surface area (Å²) >= 11 is 0. The van der Waals surface area contributed by atoms with Crippen molar-refractivity contribution >= 4 is 11.9 Å². The van der Waals surface area contributed by atoms with Gasteiger partial charge in [-0.05, 0) is 39.0 Å². The number of allylic oxidation sites excluding steroid dienone is 2. The molecule has 0 saturated heterocycles. The van der Waals surface area contributed by atoms with Gasteiger partial charge in [0.1, 0.15) is 6.04 Å². The number of nitrogens with one attached hydrogen (secondary N) is 2. The van der Waals surface area contributed by atoms with Gasteiger partial charge in [-0.15, -0.1) is 0 Å². The number of amides is 1. The summed E-state index contributed by atoms with van der Waals surface area (Å²) in [4.78, 5) is 23.0. The summed E-state index contributed by atoms with van der Waals surface area (Å²) in [5.41, 5.74) is 0. The van der Waals surface area contributed by atoms with Crippen LogP contribution in [-0.4, -0.2) is 38.1 Å². The molecule has 0 aromatic heterocycles. The number of hydrogen-bond acceptors (Lipinski definition) is 4. The van der Waals surface area contributed by atoms with Crippen LogP contribution in [-0.2, 0) is 14.3 Å². The number of methoxy groups -OCH3 is 1. The van der Waals surface area contributed by atoms with Gasteiger partial charge in [0.05, 0.1) is 7.11 Å². The minimum Gasteiger partial charge on any atom is -0.468 e. The Morgan fingerprint density at radius 1 is 0.828 bits per heavy atom. The Labute approximate surface area is 179 Å². The first-order valence-electron chi connectivity index (χ1n) is 11.8. The monoisotopic (exact) mass is 410 g/mol. The smallest absolute Gasteiger partial charge is 0.322 e. The molecule has 0 saturated carbocycles. The highest BCUT2D eigenvalue weighted by molar-refractivity contribution is 5.76. The molecule has 0 aliphatic rings. The van der Waals surface area contributed by atoms with E-state index in [1.165, 1.54) is 77.7 Å². The first kappa shape index (κ1) is 27.6. The third-order valence-corrected chi connectivity index (χ3v) is 5.12. The molecule has 1 unspecified atom stereocenters. The van der Waals surface area contributed by atoms with Gasteiger partial charge in [0.2, 0.25) is 5.91 Å². The highest BCUT2D eigenvalue weighted by Gasteiger charge is 2.11. The van der Waals surface area contributed by atoms with E-state index >= 15 is 0 Å². The molecule has 2 N–H and O–H groups in total. The molecule has 0 aliphatic carbocycles. The molecule has 1 atom stereocenters. The SMILES string of the molecule is CCCCCCCC/C=C\CCCCCCCC(=O)NCCNC(C)C(=O)OC. The Hall–Kier alpha value is -1.36. The summed E-state index contributed by atoms with van der Waals surface area (Å²) in [6.07, 6.45) is 21.7. The summed E-state index contributed by atoms with van der Waals surface area (Å²) in [6, 6.07) is -0.345. The van der Waals surface area contributed by atoms with E-state index in [9.17, 15) is 9.59 Å². The van der Waals surface area contributed by atoms with Crippen molar-refractivity contribution in [2.24, 2.45) is 0 Å². The standard InChI is InChI=1S/C24H46N2O3/c1-4-5-6-7-8-9-10-11-12-13-14-15-16-17-18-19-23(27)26-21-20-25-22(2)24(28)29-3/h11-12,22,25H,4-10,13-21H2,1-3H3,(H,26,27)/b12-11-. The lowest BCUT2D eigenvalue weighted by Gasteiger charge is -2.11. The van der Waals surface area contributed by atoms with Gasteiger partial charge in [0.25, 0.3) is 0 Å². The highest BCUT2D eigenvalue weighted by Crippen LogP contribution is 2.09. The number of ether oxygens (including phenoxy) is 1. The van der Waals surface area contributed by atoms with Gasteiger partial charge in [-0.1, -0.05) is 70.4 Å². The second kappa shape index (κ2) is 21.4. The number of hydrogen-bond donors (Lipinski definition) is 2. The van der Waals surface area contributed by atoms with Crippen LogP contribution in [0.5, 0.6) is 0 Å². The molecule has 0 fully saturated rings. The Morgan fingerprint density at radius 2 is 1.38 bits per heavy atom. The van der Waals surface area contributed by atoms with Gasteiger partial charge in [0, 0.05) is 19.5 Å². The zero-order valence-electron chi connectivity index (χ0n) is 19.3. The van der Waals surface area contributed by atoms with Crippen LogP contribution in [0.15, 0.2) is 12.2 Å². The average Bonchev–Trinajstić information content (AvgIpc) is 2.73. The summed E-state index contributed by atoms with van der Waals surface area (Å²) in [6.45, 7) is 5.11. The Kier molecular flexibility index (Phi) is 20.3. The van der Waals surface area contributed by atoms with Crippen LogP contribution in [0.3, 0.4) is 0 Å². The van der Waals surface area contributed by atoms with Crippen molar-refractivity contribution in [3.8, 4) is 0 Å². The first-order valence-corrected chi connectivity index (χ1v) is 11.8. The quantitative estimate of drug-likeness (QED) is 0.162. The van der Waals surface area contributed by atoms with Gasteiger partial charge in [-0.2, -0.15) is 0 Å². The van der Waals surface area contributed by atoms with Gasteiger partial charge < -0.3 is 15.4 Å². The zero-order valence-corrected chi connectivity index (χ0v) is 19.3. The molecule has 0 rings (SSSR count). The lowest BCUT2D eigenvalue weighted by atomic mass is 10.1. The van der Waals surface area contributed by atoms with Crippen LogP contribution in [0, 0.1) is 0 Å². The summed E-state index contributed by atoms with van der Waals surface area (Å²) in [5, 5.41) is 5.90. The number of carbonyl (C=O) groups is 2. The van der Waals surface area contributed by atoms with E-state index in [0.717, 1.165) is 12.8 Å². The van der Waals surface area contributed by atoms with Crippen LogP contribution in [0.4, 0.5) is 0 Å². The molecular formula is C24H46N2O3. The minimum atomic E-state index is -0.345. The van der Waals surface area contributed by atoms with E-state index in [0.29, 0.717) is 19.5 Å². The number of rotatable bonds is 20. The van der Waals surface area contributed by atoms with E-state index in [1.54, 1.807) is 6.92 Å². The average molecular weight is 411 g/mol. The molecule has 0 aromatic rings. The van der Waals surface area contributed by atoms with Crippen LogP contribution >= 0.6 is 0 Å². The molecule has 170 valence electrons. The summed E-state index contributed by atoms with van der Waals surface area (Å²) < 4.78 is 4.63. The van der Waals surface area contributed by atoms with Gasteiger partial charge in [-0.25, -0.2) is 0 Å². The fourth-order valence-corrected chi connectivity index (χ4v) is 3.20. The summed E-state index contributed by atoms with van der Waals surface area (Å²) in [5.74, 6) is -0.195. The maximum absolute atomic E-state index is 11.8.